The van der Waals surface area contributed by atoms with Crippen LogP contribution in [0, 0.1) is 13.8 Å². The van der Waals surface area contributed by atoms with E-state index in [0.717, 1.165) is 43.0 Å². The predicted molar refractivity (Wildman–Crippen MR) is 100 cm³/mol. The minimum absolute atomic E-state index is 0.0202. The Labute approximate surface area is 154 Å². The second-order valence-corrected chi connectivity index (χ2v) is 7.66. The van der Waals surface area contributed by atoms with Gasteiger partial charge in [0.25, 0.3) is 0 Å². The summed E-state index contributed by atoms with van der Waals surface area (Å²) < 4.78 is 0. The molecule has 2 atom stereocenters. The summed E-state index contributed by atoms with van der Waals surface area (Å²) in [6.07, 6.45) is -0.499. The fraction of sp³-hybridized carbons (Fsp3) is 0.611. The van der Waals surface area contributed by atoms with Crippen LogP contribution in [-0.4, -0.2) is 84.3 Å². The van der Waals surface area contributed by atoms with Crippen molar-refractivity contribution < 1.29 is 9.90 Å². The number of β-amino-alcohol motifs (C(OH)–C–C–N with tert-alkyl or cyclic N) is 1. The molecule has 25 heavy (non-hydrogen) atoms. The van der Waals surface area contributed by atoms with Crippen LogP contribution in [0.3, 0.4) is 0 Å². The molecule has 7 heteroatoms. The van der Waals surface area contributed by atoms with Gasteiger partial charge in [-0.15, -0.1) is 0 Å². The normalized spacial score (nSPS) is 25.4. The van der Waals surface area contributed by atoms with Crippen molar-refractivity contribution in [3.63, 3.8) is 0 Å². The number of carbonyl (C=O) groups excluding carboxylic acids is 1. The topological polar surface area (TPSA) is 59.1 Å². The van der Waals surface area contributed by atoms with E-state index >= 15 is 0 Å². The summed E-state index contributed by atoms with van der Waals surface area (Å²) in [7, 11) is 2.11. The fourth-order valence-corrected chi connectivity index (χ4v) is 4.07. The molecule has 2 aliphatic rings. The van der Waals surface area contributed by atoms with Crippen LogP contribution < -0.4 is 5.32 Å². The molecule has 6 nitrogen and oxygen atoms in total. The molecule has 0 aliphatic carbocycles. The number of likely N-dealkylation sites (N-methyl/N-ethyl adjacent to an activating group) is 1. The van der Waals surface area contributed by atoms with E-state index in [0.29, 0.717) is 18.1 Å². The molecule has 2 fully saturated rings. The summed E-state index contributed by atoms with van der Waals surface area (Å²) in [6.45, 7) is 8.65. The Morgan fingerprint density at radius 2 is 1.76 bits per heavy atom. The number of hydrogen-bond donors (Lipinski definition) is 2. The molecule has 1 aromatic rings. The Hall–Kier alpha value is -1.34. The lowest BCUT2D eigenvalue weighted by Crippen LogP contribution is -2.52. The third-order valence-corrected chi connectivity index (χ3v) is 5.50. The first-order valence-corrected chi connectivity index (χ1v) is 9.16. The molecule has 3 rings (SSSR count). The molecule has 1 aromatic carbocycles. The number of benzene rings is 1. The number of piperazine rings is 1. The number of nitrogens with zero attached hydrogens (tertiary/aromatic N) is 3. The summed E-state index contributed by atoms with van der Waals surface area (Å²) in [5.74, 6) is 0. The van der Waals surface area contributed by atoms with Crippen molar-refractivity contribution in [2.45, 2.75) is 26.0 Å². The summed E-state index contributed by atoms with van der Waals surface area (Å²) in [5.41, 5.74) is 2.68. The SMILES string of the molecule is Cc1cc(Cl)cc(C)c1NC(=O)N1C[C@@H](O)[C@H](N2CCN(C)CC2)C1. The first-order chi connectivity index (χ1) is 11.8. The van der Waals surface area contributed by atoms with Crippen LogP contribution in [0.15, 0.2) is 12.1 Å². The van der Waals surface area contributed by atoms with E-state index in [-0.39, 0.29) is 12.1 Å². The van der Waals surface area contributed by atoms with Gasteiger partial charge in [0.15, 0.2) is 0 Å². The van der Waals surface area contributed by atoms with Crippen molar-refractivity contribution in [2.75, 3.05) is 51.6 Å². The molecule has 2 N–H and O–H groups in total. The third-order valence-electron chi connectivity index (χ3n) is 5.28. The van der Waals surface area contributed by atoms with Crippen molar-refractivity contribution in [2.24, 2.45) is 0 Å². The van der Waals surface area contributed by atoms with Gasteiger partial charge in [0, 0.05) is 43.4 Å². The summed E-state index contributed by atoms with van der Waals surface area (Å²) in [6, 6.07) is 3.54. The quantitative estimate of drug-likeness (QED) is 0.837. The smallest absolute Gasteiger partial charge is 0.322 e. The van der Waals surface area contributed by atoms with Gasteiger partial charge < -0.3 is 20.2 Å². The molecule has 2 amide bonds. The maximum Gasteiger partial charge on any atom is 0.322 e. The summed E-state index contributed by atoms with van der Waals surface area (Å²) >= 11 is 6.06. The average molecular weight is 367 g/mol. The lowest BCUT2D eigenvalue weighted by molar-refractivity contribution is 0.0512. The van der Waals surface area contributed by atoms with E-state index in [2.05, 4.69) is 22.2 Å². The van der Waals surface area contributed by atoms with E-state index in [1.807, 2.05) is 26.0 Å². The number of hydrogen-bond acceptors (Lipinski definition) is 4. The van der Waals surface area contributed by atoms with E-state index in [9.17, 15) is 9.90 Å². The van der Waals surface area contributed by atoms with Crippen molar-refractivity contribution in [1.29, 1.82) is 0 Å². The first-order valence-electron chi connectivity index (χ1n) is 8.78. The van der Waals surface area contributed by atoms with Gasteiger partial charge in [-0.05, 0) is 44.2 Å². The van der Waals surface area contributed by atoms with Gasteiger partial charge in [-0.1, -0.05) is 11.6 Å². The first kappa shape index (κ1) is 18.5. The van der Waals surface area contributed by atoms with Crippen LogP contribution in [0.4, 0.5) is 10.5 Å². The lowest BCUT2D eigenvalue weighted by atomic mass is 10.1. The van der Waals surface area contributed by atoms with Crippen LogP contribution in [0.5, 0.6) is 0 Å². The Morgan fingerprint density at radius 1 is 1.16 bits per heavy atom. The van der Waals surface area contributed by atoms with Gasteiger partial charge in [0.05, 0.1) is 18.7 Å². The Kier molecular flexibility index (Phi) is 5.53. The minimum Gasteiger partial charge on any atom is -0.390 e. The molecule has 0 aromatic heterocycles. The maximum absolute atomic E-state index is 12.7. The summed E-state index contributed by atoms with van der Waals surface area (Å²) in [5, 5.41) is 14.1. The molecule has 2 heterocycles. The highest BCUT2D eigenvalue weighted by Gasteiger charge is 2.38. The Balaban J connectivity index is 1.64. The molecule has 0 saturated carbocycles. The molecular formula is C18H27ClN4O2. The van der Waals surface area contributed by atoms with E-state index in [4.69, 9.17) is 11.6 Å². The number of urea groups is 1. The highest BCUT2D eigenvalue weighted by Crippen LogP contribution is 2.26. The van der Waals surface area contributed by atoms with Gasteiger partial charge in [-0.25, -0.2) is 4.79 Å². The number of carbonyl (C=O) groups is 1. The average Bonchev–Trinajstić information content (AvgIpc) is 2.93. The third kappa shape index (κ3) is 4.08. The van der Waals surface area contributed by atoms with Crippen LogP contribution in [0.1, 0.15) is 11.1 Å². The highest BCUT2D eigenvalue weighted by molar-refractivity contribution is 6.30. The van der Waals surface area contributed by atoms with Gasteiger partial charge in [-0.3, -0.25) is 4.90 Å². The van der Waals surface area contributed by atoms with Crippen molar-refractivity contribution in [1.82, 2.24) is 14.7 Å². The fourth-order valence-electron chi connectivity index (χ4n) is 3.74. The van der Waals surface area contributed by atoms with Crippen molar-refractivity contribution >= 4 is 23.3 Å². The van der Waals surface area contributed by atoms with E-state index in [1.165, 1.54) is 0 Å². The Bertz CT molecular complexity index is 623. The van der Waals surface area contributed by atoms with Crippen molar-refractivity contribution in [3.05, 3.63) is 28.3 Å². The molecular weight excluding hydrogens is 340 g/mol. The van der Waals surface area contributed by atoms with Gasteiger partial charge in [-0.2, -0.15) is 0 Å². The number of aryl methyl sites for hydroxylation is 2. The molecule has 0 radical (unpaired) electrons. The molecule has 2 saturated heterocycles. The molecule has 0 bridgehead atoms. The van der Waals surface area contributed by atoms with Crippen LogP contribution in [-0.2, 0) is 0 Å². The number of aliphatic hydroxyl groups excluding tert-OH is 1. The van der Waals surface area contributed by atoms with Crippen LogP contribution >= 0.6 is 11.6 Å². The molecule has 0 unspecified atom stereocenters. The standard InChI is InChI=1S/C18H27ClN4O2/c1-12-8-14(19)9-13(2)17(12)20-18(25)23-10-15(16(24)11-23)22-6-4-21(3)5-7-22/h8-9,15-16,24H,4-7,10-11H2,1-3H3,(H,20,25)/t15-,16-/m1/s1. The highest BCUT2D eigenvalue weighted by atomic mass is 35.5. The number of likely N-dealkylation sites (tertiary alicyclic amines) is 1. The predicted octanol–water partition coefficient (Wildman–Crippen LogP) is 1.78. The second-order valence-electron chi connectivity index (χ2n) is 7.22. The van der Waals surface area contributed by atoms with Crippen LogP contribution in [0.2, 0.25) is 5.02 Å². The number of anilines is 1. The van der Waals surface area contributed by atoms with Gasteiger partial charge in [0.2, 0.25) is 0 Å². The zero-order valence-corrected chi connectivity index (χ0v) is 15.9. The van der Waals surface area contributed by atoms with Gasteiger partial charge in [0.1, 0.15) is 0 Å². The van der Waals surface area contributed by atoms with E-state index in [1.54, 1.807) is 4.90 Å². The zero-order valence-electron chi connectivity index (χ0n) is 15.1. The number of rotatable bonds is 2. The lowest BCUT2D eigenvalue weighted by Gasteiger charge is -2.37. The largest absolute Gasteiger partial charge is 0.390 e. The minimum atomic E-state index is -0.499. The number of aliphatic hydroxyl groups is 1. The number of amides is 2. The Morgan fingerprint density at radius 3 is 2.36 bits per heavy atom. The zero-order chi connectivity index (χ0) is 18.1. The monoisotopic (exact) mass is 366 g/mol. The molecule has 2 aliphatic heterocycles. The number of nitrogens with one attached hydrogen (secondary N) is 1. The summed E-state index contributed by atoms with van der Waals surface area (Å²) in [4.78, 5) is 19.0. The second kappa shape index (κ2) is 7.50. The van der Waals surface area contributed by atoms with Gasteiger partial charge >= 0.3 is 6.03 Å². The van der Waals surface area contributed by atoms with Crippen molar-refractivity contribution in [3.8, 4) is 0 Å². The molecule has 0 spiro atoms. The number of halogens is 1. The van der Waals surface area contributed by atoms with Crippen LogP contribution in [0.25, 0.3) is 0 Å². The maximum atomic E-state index is 12.7. The van der Waals surface area contributed by atoms with E-state index < -0.39 is 6.10 Å². The molecule has 138 valence electrons.